The molecule has 0 bridgehead atoms. The summed E-state index contributed by atoms with van der Waals surface area (Å²) in [4.78, 5) is 0.363. The van der Waals surface area contributed by atoms with Gasteiger partial charge in [-0.05, 0) is 43.5 Å². The molecular formula is C13H19NO3S. The molecule has 2 rings (SSSR count). The zero-order valence-corrected chi connectivity index (χ0v) is 11.3. The molecule has 4 nitrogen and oxygen atoms in total. The number of ether oxygens (including phenoxy) is 1. The number of nitrogens with two attached hydrogens (primary N) is 1. The van der Waals surface area contributed by atoms with Gasteiger partial charge >= 0.3 is 0 Å². The molecule has 0 aromatic heterocycles. The minimum absolute atomic E-state index is 0.0109. The predicted octanol–water partition coefficient (Wildman–Crippen LogP) is 1.74. The second-order valence-corrected chi connectivity index (χ2v) is 7.00. The smallest absolute Gasteiger partial charge is 0.181 e. The Morgan fingerprint density at radius 2 is 1.89 bits per heavy atom. The number of benzene rings is 1. The Balaban J connectivity index is 2.23. The lowest BCUT2D eigenvalue weighted by molar-refractivity contribution is 0.414. The third-order valence-electron chi connectivity index (χ3n) is 3.49. The molecule has 0 heterocycles. The quantitative estimate of drug-likeness (QED) is 0.907. The van der Waals surface area contributed by atoms with E-state index in [2.05, 4.69) is 0 Å². The van der Waals surface area contributed by atoms with Crippen LogP contribution in [0.4, 0.5) is 0 Å². The van der Waals surface area contributed by atoms with Gasteiger partial charge < -0.3 is 10.5 Å². The fourth-order valence-electron chi connectivity index (χ4n) is 2.42. The van der Waals surface area contributed by atoms with Crippen molar-refractivity contribution in [1.29, 1.82) is 0 Å². The first-order valence-corrected chi connectivity index (χ1v) is 7.72. The minimum Gasteiger partial charge on any atom is -0.497 e. The molecule has 5 heteroatoms. The molecule has 1 fully saturated rings. The van der Waals surface area contributed by atoms with Crippen LogP contribution in [-0.2, 0) is 9.84 Å². The van der Waals surface area contributed by atoms with E-state index in [9.17, 15) is 8.42 Å². The van der Waals surface area contributed by atoms with E-state index < -0.39 is 9.84 Å². The summed E-state index contributed by atoms with van der Waals surface area (Å²) in [5.74, 6) is 0.661. The SMILES string of the molecule is COc1ccc(S(=O)(=O)C2CCCC(N)C2)cc1. The van der Waals surface area contributed by atoms with Crippen molar-refractivity contribution in [2.75, 3.05) is 7.11 Å². The lowest BCUT2D eigenvalue weighted by atomic mass is 9.96. The van der Waals surface area contributed by atoms with Gasteiger partial charge in [-0.25, -0.2) is 8.42 Å². The van der Waals surface area contributed by atoms with Crippen molar-refractivity contribution in [2.24, 2.45) is 5.73 Å². The maximum Gasteiger partial charge on any atom is 0.181 e. The van der Waals surface area contributed by atoms with Crippen molar-refractivity contribution in [2.45, 2.75) is 41.9 Å². The molecule has 0 amide bonds. The number of methoxy groups -OCH3 is 1. The molecule has 2 unspecified atom stereocenters. The van der Waals surface area contributed by atoms with E-state index in [1.165, 1.54) is 0 Å². The highest BCUT2D eigenvalue weighted by atomic mass is 32.2. The van der Waals surface area contributed by atoms with E-state index in [0.29, 0.717) is 23.5 Å². The van der Waals surface area contributed by atoms with E-state index in [4.69, 9.17) is 10.5 Å². The van der Waals surface area contributed by atoms with E-state index >= 15 is 0 Å². The zero-order valence-electron chi connectivity index (χ0n) is 10.5. The van der Waals surface area contributed by atoms with E-state index in [1.54, 1.807) is 31.4 Å². The van der Waals surface area contributed by atoms with Gasteiger partial charge in [-0.1, -0.05) is 6.42 Å². The number of hydrogen-bond acceptors (Lipinski definition) is 4. The average Bonchev–Trinajstić information content (AvgIpc) is 2.39. The molecule has 1 aromatic rings. The van der Waals surface area contributed by atoms with Crippen LogP contribution in [0.2, 0.25) is 0 Å². The first kappa shape index (κ1) is 13.4. The molecule has 0 radical (unpaired) electrons. The van der Waals surface area contributed by atoms with Crippen LogP contribution in [0.3, 0.4) is 0 Å². The average molecular weight is 269 g/mol. The van der Waals surface area contributed by atoms with Gasteiger partial charge in [-0.15, -0.1) is 0 Å². The summed E-state index contributed by atoms with van der Waals surface area (Å²) < 4.78 is 29.9. The first-order valence-electron chi connectivity index (χ1n) is 6.17. The molecule has 100 valence electrons. The Morgan fingerprint density at radius 1 is 1.22 bits per heavy atom. The molecule has 18 heavy (non-hydrogen) atoms. The van der Waals surface area contributed by atoms with Crippen molar-refractivity contribution in [3.05, 3.63) is 24.3 Å². The molecule has 1 aliphatic rings. The minimum atomic E-state index is -3.26. The van der Waals surface area contributed by atoms with Crippen molar-refractivity contribution >= 4 is 9.84 Å². The van der Waals surface area contributed by atoms with Gasteiger partial charge in [0.2, 0.25) is 0 Å². The van der Waals surface area contributed by atoms with Crippen LogP contribution >= 0.6 is 0 Å². The van der Waals surface area contributed by atoms with Crippen LogP contribution in [0.25, 0.3) is 0 Å². The Morgan fingerprint density at radius 3 is 2.44 bits per heavy atom. The van der Waals surface area contributed by atoms with E-state index in [0.717, 1.165) is 12.8 Å². The topological polar surface area (TPSA) is 69.4 Å². The van der Waals surface area contributed by atoms with Gasteiger partial charge in [0.05, 0.1) is 17.3 Å². The summed E-state index contributed by atoms with van der Waals surface area (Å²) in [5, 5.41) is -0.338. The molecule has 1 saturated carbocycles. The van der Waals surface area contributed by atoms with Crippen LogP contribution in [0.5, 0.6) is 5.75 Å². The summed E-state index contributed by atoms with van der Waals surface area (Å²) in [6.45, 7) is 0. The van der Waals surface area contributed by atoms with Crippen molar-refractivity contribution < 1.29 is 13.2 Å². The Hall–Kier alpha value is -1.07. The molecule has 1 aromatic carbocycles. The summed E-state index contributed by atoms with van der Waals surface area (Å²) in [5.41, 5.74) is 5.86. The maximum atomic E-state index is 12.4. The fraction of sp³-hybridized carbons (Fsp3) is 0.538. The normalized spacial score (nSPS) is 24.8. The second-order valence-electron chi connectivity index (χ2n) is 4.77. The highest BCUT2D eigenvalue weighted by Crippen LogP contribution is 2.28. The number of rotatable bonds is 3. The van der Waals surface area contributed by atoms with Crippen molar-refractivity contribution in [3.8, 4) is 5.75 Å². The molecular weight excluding hydrogens is 250 g/mol. The Labute approximate surface area is 108 Å². The van der Waals surface area contributed by atoms with Crippen LogP contribution in [0, 0.1) is 0 Å². The predicted molar refractivity (Wildman–Crippen MR) is 70.4 cm³/mol. The molecule has 2 N–H and O–H groups in total. The summed E-state index contributed by atoms with van der Waals surface area (Å²) in [6.07, 6.45) is 3.09. The highest BCUT2D eigenvalue weighted by Gasteiger charge is 2.31. The van der Waals surface area contributed by atoms with Gasteiger partial charge in [0.25, 0.3) is 0 Å². The zero-order chi connectivity index (χ0) is 13.2. The number of sulfone groups is 1. The van der Waals surface area contributed by atoms with Crippen LogP contribution in [0.1, 0.15) is 25.7 Å². The lowest BCUT2D eigenvalue weighted by Gasteiger charge is -2.26. The Bertz CT molecular complexity index is 495. The van der Waals surface area contributed by atoms with Crippen LogP contribution in [-0.4, -0.2) is 26.8 Å². The molecule has 0 saturated heterocycles. The summed E-state index contributed by atoms with van der Waals surface area (Å²) in [6, 6.07) is 6.57. The van der Waals surface area contributed by atoms with Crippen molar-refractivity contribution in [3.63, 3.8) is 0 Å². The second kappa shape index (κ2) is 5.28. The van der Waals surface area contributed by atoms with E-state index in [-0.39, 0.29) is 11.3 Å². The Kier molecular flexibility index (Phi) is 3.92. The maximum absolute atomic E-state index is 12.4. The summed E-state index contributed by atoms with van der Waals surface area (Å²) >= 11 is 0. The highest BCUT2D eigenvalue weighted by molar-refractivity contribution is 7.92. The van der Waals surface area contributed by atoms with Gasteiger partial charge in [-0.3, -0.25) is 0 Å². The van der Waals surface area contributed by atoms with Gasteiger partial charge in [0, 0.05) is 6.04 Å². The molecule has 1 aliphatic carbocycles. The molecule has 0 aliphatic heterocycles. The van der Waals surface area contributed by atoms with Crippen LogP contribution in [0.15, 0.2) is 29.2 Å². The first-order chi connectivity index (χ1) is 8.54. The van der Waals surface area contributed by atoms with E-state index in [1.807, 2.05) is 0 Å². The molecule has 2 atom stereocenters. The monoisotopic (exact) mass is 269 g/mol. The third kappa shape index (κ3) is 2.67. The lowest BCUT2D eigenvalue weighted by Crippen LogP contribution is -2.35. The van der Waals surface area contributed by atoms with Gasteiger partial charge in [-0.2, -0.15) is 0 Å². The van der Waals surface area contributed by atoms with Gasteiger partial charge in [0.15, 0.2) is 9.84 Å². The number of hydrogen-bond donors (Lipinski definition) is 1. The largest absolute Gasteiger partial charge is 0.497 e. The van der Waals surface area contributed by atoms with Gasteiger partial charge in [0.1, 0.15) is 5.75 Å². The van der Waals surface area contributed by atoms with Crippen molar-refractivity contribution in [1.82, 2.24) is 0 Å². The molecule has 0 spiro atoms. The standard InChI is InChI=1S/C13H19NO3S/c1-17-11-5-7-12(8-6-11)18(15,16)13-4-2-3-10(14)9-13/h5-8,10,13H,2-4,9,14H2,1H3. The van der Waals surface area contributed by atoms with Crippen LogP contribution < -0.4 is 10.5 Å². The third-order valence-corrected chi connectivity index (χ3v) is 5.73. The fourth-order valence-corrected chi connectivity index (χ4v) is 4.30. The summed E-state index contributed by atoms with van der Waals surface area (Å²) in [7, 11) is -1.70.